The maximum Gasteiger partial charge on any atom is 0.207 e. The summed E-state index contributed by atoms with van der Waals surface area (Å²) in [5.74, 6) is 0.119. The van der Waals surface area contributed by atoms with Gasteiger partial charge in [0.1, 0.15) is 0 Å². The maximum atomic E-state index is 12.8. The molecule has 0 saturated heterocycles. The number of hydrogen-bond donors (Lipinski definition) is 0. The summed E-state index contributed by atoms with van der Waals surface area (Å²) in [4.78, 5) is 0.964. The number of hydrogen-bond acceptors (Lipinski definition) is 2. The number of benzene rings is 2. The molecule has 2 aromatic carbocycles. The average molecular weight is 272 g/mol. The molecule has 0 unspecified atom stereocenters. The maximum absolute atomic E-state index is 12.8. The molecular formula is C16H16O2S. The largest absolute Gasteiger partial charge is 0.218 e. The first-order valence-electron chi connectivity index (χ1n) is 6.38. The van der Waals surface area contributed by atoms with E-state index < -0.39 is 9.84 Å². The first-order valence-corrected chi connectivity index (χ1v) is 7.86. The van der Waals surface area contributed by atoms with Gasteiger partial charge >= 0.3 is 0 Å². The highest BCUT2D eigenvalue weighted by Gasteiger charge is 2.34. The molecule has 2 nitrogen and oxygen atoms in total. The zero-order valence-corrected chi connectivity index (χ0v) is 12.1. The summed E-state index contributed by atoms with van der Waals surface area (Å²) in [6.07, 6.45) is 0. The van der Waals surface area contributed by atoms with Crippen molar-refractivity contribution in [1.29, 1.82) is 0 Å². The molecule has 3 heteroatoms. The van der Waals surface area contributed by atoms with Crippen molar-refractivity contribution in [2.24, 2.45) is 0 Å². The molecule has 0 bridgehead atoms. The van der Waals surface area contributed by atoms with E-state index in [0.717, 1.165) is 22.3 Å². The Labute approximate surface area is 114 Å². The Hall–Kier alpha value is -1.61. The highest BCUT2D eigenvalue weighted by Crippen LogP contribution is 2.43. The second kappa shape index (κ2) is 3.94. The molecule has 0 N–H and O–H groups in total. The fraction of sp³-hybridized carbons (Fsp3) is 0.250. The van der Waals surface area contributed by atoms with Crippen LogP contribution in [0.3, 0.4) is 0 Å². The van der Waals surface area contributed by atoms with Crippen LogP contribution in [0.25, 0.3) is 0 Å². The summed E-state index contributed by atoms with van der Waals surface area (Å²) in [5, 5.41) is 0. The lowest BCUT2D eigenvalue weighted by atomic mass is 9.90. The fourth-order valence-corrected chi connectivity index (χ4v) is 5.10. The summed E-state index contributed by atoms with van der Waals surface area (Å²) in [6, 6.07) is 11.3. The van der Waals surface area contributed by atoms with Gasteiger partial charge in [-0.1, -0.05) is 42.8 Å². The summed E-state index contributed by atoms with van der Waals surface area (Å²) < 4.78 is 25.5. The minimum atomic E-state index is -3.38. The molecule has 19 heavy (non-hydrogen) atoms. The zero-order chi connectivity index (χ0) is 13.8. The molecule has 0 radical (unpaired) electrons. The van der Waals surface area contributed by atoms with Crippen molar-refractivity contribution in [1.82, 2.24) is 0 Å². The van der Waals surface area contributed by atoms with E-state index in [1.54, 1.807) is 12.1 Å². The van der Waals surface area contributed by atoms with Crippen LogP contribution >= 0.6 is 0 Å². The fourth-order valence-electron chi connectivity index (χ4n) is 3.04. The Morgan fingerprint density at radius 3 is 2.42 bits per heavy atom. The van der Waals surface area contributed by atoms with Crippen LogP contribution in [0.1, 0.15) is 35.1 Å². The first-order chi connectivity index (χ1) is 8.93. The monoisotopic (exact) mass is 272 g/mol. The molecule has 1 aliphatic rings. The van der Waals surface area contributed by atoms with Crippen LogP contribution in [-0.4, -0.2) is 8.42 Å². The van der Waals surface area contributed by atoms with Gasteiger partial charge in [-0.05, 0) is 36.6 Å². The molecule has 1 atom stereocenters. The predicted molar refractivity (Wildman–Crippen MR) is 75.3 cm³/mol. The summed E-state index contributed by atoms with van der Waals surface area (Å²) in [6.45, 7) is 5.96. The highest BCUT2D eigenvalue weighted by molar-refractivity contribution is 7.91. The van der Waals surface area contributed by atoms with Crippen molar-refractivity contribution in [3.05, 3.63) is 58.7 Å². The van der Waals surface area contributed by atoms with Gasteiger partial charge < -0.3 is 0 Å². The van der Waals surface area contributed by atoms with Crippen LogP contribution < -0.4 is 0 Å². The van der Waals surface area contributed by atoms with Gasteiger partial charge in [0.15, 0.2) is 0 Å². The van der Waals surface area contributed by atoms with E-state index in [1.165, 1.54) is 0 Å². The van der Waals surface area contributed by atoms with Crippen molar-refractivity contribution in [2.75, 3.05) is 0 Å². The van der Waals surface area contributed by atoms with Crippen LogP contribution in [0.4, 0.5) is 0 Å². The molecule has 1 aliphatic heterocycles. The van der Waals surface area contributed by atoms with E-state index >= 15 is 0 Å². The van der Waals surface area contributed by atoms with Gasteiger partial charge in [-0.2, -0.15) is 0 Å². The van der Waals surface area contributed by atoms with Gasteiger partial charge in [-0.3, -0.25) is 0 Å². The lowest BCUT2D eigenvalue weighted by Gasteiger charge is -2.27. The van der Waals surface area contributed by atoms with Gasteiger partial charge in [-0.15, -0.1) is 0 Å². The molecule has 0 fully saturated rings. The topological polar surface area (TPSA) is 34.1 Å². The SMILES string of the molecule is Cc1cc(C)c2c(c1)[C@H](C)c1ccccc1S2(=O)=O. The molecule has 0 spiro atoms. The van der Waals surface area contributed by atoms with Crippen molar-refractivity contribution >= 4 is 9.84 Å². The van der Waals surface area contributed by atoms with Crippen molar-refractivity contribution < 1.29 is 8.42 Å². The summed E-state index contributed by atoms with van der Waals surface area (Å²) >= 11 is 0. The number of sulfone groups is 1. The number of aryl methyl sites for hydroxylation is 2. The Balaban J connectivity index is 2.45. The highest BCUT2D eigenvalue weighted by atomic mass is 32.2. The van der Waals surface area contributed by atoms with Gasteiger partial charge in [-0.25, -0.2) is 8.42 Å². The smallest absolute Gasteiger partial charge is 0.207 e. The minimum Gasteiger partial charge on any atom is -0.218 e. The molecule has 3 rings (SSSR count). The summed E-state index contributed by atoms with van der Waals surface area (Å²) in [7, 11) is -3.38. The van der Waals surface area contributed by atoms with Gasteiger partial charge in [0.2, 0.25) is 9.84 Å². The molecule has 98 valence electrons. The minimum absolute atomic E-state index is 0.119. The molecule has 0 aliphatic carbocycles. The second-order valence-electron chi connectivity index (χ2n) is 5.26. The third-order valence-corrected chi connectivity index (χ3v) is 5.90. The van der Waals surface area contributed by atoms with E-state index in [4.69, 9.17) is 0 Å². The van der Waals surface area contributed by atoms with Crippen molar-refractivity contribution in [3.8, 4) is 0 Å². The molecule has 0 saturated carbocycles. The Kier molecular flexibility index (Phi) is 2.58. The zero-order valence-electron chi connectivity index (χ0n) is 11.3. The van der Waals surface area contributed by atoms with Crippen LogP contribution in [-0.2, 0) is 9.84 Å². The average Bonchev–Trinajstić information content (AvgIpc) is 2.35. The predicted octanol–water partition coefficient (Wildman–Crippen LogP) is 3.60. The van der Waals surface area contributed by atoms with Crippen LogP contribution in [0.15, 0.2) is 46.2 Å². The Morgan fingerprint density at radius 1 is 1.00 bits per heavy atom. The van der Waals surface area contributed by atoms with Gasteiger partial charge in [0.05, 0.1) is 9.79 Å². The first kappa shape index (κ1) is 12.4. The Bertz CT molecular complexity index is 773. The quantitative estimate of drug-likeness (QED) is 0.734. The van der Waals surface area contributed by atoms with E-state index in [2.05, 4.69) is 6.92 Å². The molecule has 0 amide bonds. The van der Waals surface area contributed by atoms with E-state index in [1.807, 2.05) is 38.1 Å². The van der Waals surface area contributed by atoms with Gasteiger partial charge in [0.25, 0.3) is 0 Å². The van der Waals surface area contributed by atoms with E-state index in [9.17, 15) is 8.42 Å². The van der Waals surface area contributed by atoms with E-state index in [0.29, 0.717) is 9.79 Å². The third kappa shape index (κ3) is 1.65. The van der Waals surface area contributed by atoms with Crippen LogP contribution in [0.2, 0.25) is 0 Å². The van der Waals surface area contributed by atoms with E-state index in [-0.39, 0.29) is 5.92 Å². The normalized spacial score (nSPS) is 19.6. The van der Waals surface area contributed by atoms with Crippen LogP contribution in [0, 0.1) is 13.8 Å². The van der Waals surface area contributed by atoms with Crippen LogP contribution in [0.5, 0.6) is 0 Å². The summed E-state index contributed by atoms with van der Waals surface area (Å²) in [5.41, 5.74) is 3.78. The molecule has 1 heterocycles. The van der Waals surface area contributed by atoms with Crippen molar-refractivity contribution in [2.45, 2.75) is 36.5 Å². The molecule has 2 aromatic rings. The molecule has 0 aromatic heterocycles. The van der Waals surface area contributed by atoms with Crippen molar-refractivity contribution in [3.63, 3.8) is 0 Å². The standard InChI is InChI=1S/C16H16O2S/c1-10-8-11(2)16-14(9-10)12(3)13-6-4-5-7-15(13)19(16,17)18/h4-9,12H,1-3H3/t12-/m1/s1. The number of rotatable bonds is 0. The Morgan fingerprint density at radius 2 is 1.68 bits per heavy atom. The third-order valence-electron chi connectivity index (χ3n) is 3.86. The lowest BCUT2D eigenvalue weighted by molar-refractivity contribution is 0.587. The number of fused-ring (bicyclic) bond motifs is 2. The second-order valence-corrected chi connectivity index (χ2v) is 7.12. The lowest BCUT2D eigenvalue weighted by Crippen LogP contribution is -2.18. The molecular weight excluding hydrogens is 256 g/mol. The van der Waals surface area contributed by atoms with Gasteiger partial charge in [0, 0.05) is 5.92 Å².